The number of aromatic nitrogens is 2. The van der Waals surface area contributed by atoms with Crippen LogP contribution in [0, 0.1) is 0 Å². The molecule has 0 aromatic carbocycles. The predicted molar refractivity (Wildman–Crippen MR) is 83.0 cm³/mol. The Balaban J connectivity index is 2.00. The number of nitrogens with one attached hydrogen (secondary N) is 1. The number of hydrogen-bond donors (Lipinski definition) is 1. The highest BCUT2D eigenvalue weighted by Crippen LogP contribution is 2.28. The number of pyridine rings is 2. The van der Waals surface area contributed by atoms with Gasteiger partial charge in [0.15, 0.2) is 5.69 Å². The number of fused-ring (bicyclic) bond motifs is 1. The maximum absolute atomic E-state index is 12.8. The quantitative estimate of drug-likeness (QED) is 0.927. The Morgan fingerprint density at radius 2 is 2.29 bits per heavy atom. The molecule has 0 spiro atoms. The van der Waals surface area contributed by atoms with Crippen molar-refractivity contribution in [1.29, 1.82) is 0 Å². The normalized spacial score (nSPS) is 13.7. The number of carbonyl (C=O) groups is 1. The lowest BCUT2D eigenvalue weighted by atomic mass is 10.1. The Bertz CT molecular complexity index is 689. The first-order chi connectivity index (χ1) is 10.2. The standard InChI is InChI=1S/C15H15ClN4O/c1-17-12-8-10(16)9-19-14(12)15(21)20-7-3-4-11-13(20)5-2-6-18-11/h2,5-6,8-9,17H,3-4,7H2,1H3. The summed E-state index contributed by atoms with van der Waals surface area (Å²) in [7, 11) is 1.75. The van der Waals surface area contributed by atoms with Crippen LogP contribution in [0.15, 0.2) is 30.6 Å². The molecule has 0 radical (unpaired) electrons. The van der Waals surface area contributed by atoms with E-state index in [0.717, 1.165) is 24.2 Å². The molecular weight excluding hydrogens is 288 g/mol. The van der Waals surface area contributed by atoms with Crippen molar-refractivity contribution >= 4 is 28.9 Å². The van der Waals surface area contributed by atoms with Crippen LogP contribution in [0.4, 0.5) is 11.4 Å². The van der Waals surface area contributed by atoms with E-state index in [9.17, 15) is 4.79 Å². The summed E-state index contributed by atoms with van der Waals surface area (Å²) in [5.74, 6) is -0.134. The van der Waals surface area contributed by atoms with E-state index in [1.54, 1.807) is 24.2 Å². The van der Waals surface area contributed by atoms with E-state index >= 15 is 0 Å². The van der Waals surface area contributed by atoms with Crippen LogP contribution in [0.3, 0.4) is 0 Å². The molecule has 0 saturated carbocycles. The molecule has 3 heterocycles. The third kappa shape index (κ3) is 2.56. The van der Waals surface area contributed by atoms with E-state index in [1.165, 1.54) is 6.20 Å². The number of carbonyl (C=O) groups excluding carboxylic acids is 1. The van der Waals surface area contributed by atoms with Crippen molar-refractivity contribution in [2.24, 2.45) is 0 Å². The fraction of sp³-hybridized carbons (Fsp3) is 0.267. The number of hydrogen-bond acceptors (Lipinski definition) is 4. The van der Waals surface area contributed by atoms with Crippen LogP contribution < -0.4 is 10.2 Å². The average molecular weight is 303 g/mol. The summed E-state index contributed by atoms with van der Waals surface area (Å²) < 4.78 is 0. The third-order valence-electron chi connectivity index (χ3n) is 3.52. The molecule has 108 valence electrons. The van der Waals surface area contributed by atoms with Gasteiger partial charge >= 0.3 is 0 Å². The Morgan fingerprint density at radius 3 is 3.10 bits per heavy atom. The minimum atomic E-state index is -0.134. The van der Waals surface area contributed by atoms with Gasteiger partial charge in [-0.15, -0.1) is 0 Å². The van der Waals surface area contributed by atoms with Crippen LogP contribution in [0.1, 0.15) is 22.6 Å². The van der Waals surface area contributed by atoms with Gasteiger partial charge in [0.25, 0.3) is 5.91 Å². The second-order valence-electron chi connectivity index (χ2n) is 4.83. The van der Waals surface area contributed by atoms with Gasteiger partial charge in [-0.2, -0.15) is 0 Å². The van der Waals surface area contributed by atoms with Gasteiger partial charge in [0, 0.05) is 26.0 Å². The lowest BCUT2D eigenvalue weighted by Crippen LogP contribution is -2.36. The number of nitrogens with zero attached hydrogens (tertiary/aromatic N) is 3. The Morgan fingerprint density at radius 1 is 1.43 bits per heavy atom. The van der Waals surface area contributed by atoms with Crippen molar-refractivity contribution < 1.29 is 4.79 Å². The number of amides is 1. The molecular formula is C15H15ClN4O. The lowest BCUT2D eigenvalue weighted by molar-refractivity contribution is 0.0981. The van der Waals surface area contributed by atoms with Gasteiger partial charge in [-0.25, -0.2) is 4.98 Å². The number of rotatable bonds is 2. The molecule has 0 bridgehead atoms. The van der Waals surface area contributed by atoms with E-state index in [-0.39, 0.29) is 5.91 Å². The van der Waals surface area contributed by atoms with E-state index < -0.39 is 0 Å². The molecule has 3 rings (SSSR count). The topological polar surface area (TPSA) is 58.1 Å². The lowest BCUT2D eigenvalue weighted by Gasteiger charge is -2.28. The van der Waals surface area contributed by atoms with Crippen molar-refractivity contribution in [1.82, 2.24) is 9.97 Å². The van der Waals surface area contributed by atoms with Crippen molar-refractivity contribution in [3.63, 3.8) is 0 Å². The van der Waals surface area contributed by atoms with Gasteiger partial charge in [0.2, 0.25) is 0 Å². The van der Waals surface area contributed by atoms with E-state index in [0.29, 0.717) is 22.9 Å². The molecule has 1 aliphatic heterocycles. The number of aryl methyl sites for hydroxylation is 1. The van der Waals surface area contributed by atoms with Gasteiger partial charge in [-0.1, -0.05) is 11.6 Å². The summed E-state index contributed by atoms with van der Waals surface area (Å²) in [5, 5.41) is 3.47. The first kappa shape index (κ1) is 13.8. The summed E-state index contributed by atoms with van der Waals surface area (Å²) in [6.45, 7) is 0.672. The van der Waals surface area contributed by atoms with Gasteiger partial charge in [0.05, 0.1) is 22.1 Å². The molecule has 0 atom stereocenters. The van der Waals surface area contributed by atoms with Crippen LogP contribution in [0.2, 0.25) is 5.02 Å². The molecule has 1 N–H and O–H groups in total. The number of halogens is 1. The first-order valence-corrected chi connectivity index (χ1v) is 7.17. The SMILES string of the molecule is CNc1cc(Cl)cnc1C(=O)N1CCCc2ncccc21. The van der Waals surface area contributed by atoms with E-state index in [4.69, 9.17) is 11.6 Å². The predicted octanol–water partition coefficient (Wildman–Crippen LogP) is 2.76. The fourth-order valence-electron chi connectivity index (χ4n) is 2.53. The molecule has 1 aliphatic rings. The summed E-state index contributed by atoms with van der Waals surface area (Å²) in [6, 6.07) is 5.48. The van der Waals surface area contributed by atoms with Gasteiger partial charge in [-0.05, 0) is 31.0 Å². The second kappa shape index (κ2) is 5.69. The van der Waals surface area contributed by atoms with Crippen LogP contribution in [0.5, 0.6) is 0 Å². The largest absolute Gasteiger partial charge is 0.386 e. The molecule has 0 fully saturated rings. The highest BCUT2D eigenvalue weighted by atomic mass is 35.5. The zero-order valence-corrected chi connectivity index (χ0v) is 12.4. The summed E-state index contributed by atoms with van der Waals surface area (Å²) in [4.78, 5) is 23.1. The van der Waals surface area contributed by atoms with Crippen LogP contribution in [0.25, 0.3) is 0 Å². The molecule has 1 amide bonds. The zero-order valence-electron chi connectivity index (χ0n) is 11.6. The maximum atomic E-state index is 12.8. The Labute approximate surface area is 128 Å². The van der Waals surface area contributed by atoms with Crippen molar-refractivity contribution in [3.8, 4) is 0 Å². The second-order valence-corrected chi connectivity index (χ2v) is 5.27. The molecule has 0 aliphatic carbocycles. The molecule has 21 heavy (non-hydrogen) atoms. The number of anilines is 2. The minimum Gasteiger partial charge on any atom is -0.386 e. The van der Waals surface area contributed by atoms with Crippen LogP contribution in [-0.2, 0) is 6.42 Å². The summed E-state index contributed by atoms with van der Waals surface area (Å²) in [6.07, 6.45) is 5.04. The zero-order chi connectivity index (χ0) is 14.8. The average Bonchev–Trinajstić information content (AvgIpc) is 2.53. The van der Waals surface area contributed by atoms with Gasteiger partial charge < -0.3 is 10.2 Å². The smallest absolute Gasteiger partial charge is 0.279 e. The van der Waals surface area contributed by atoms with E-state index in [1.807, 2.05) is 12.1 Å². The molecule has 0 unspecified atom stereocenters. The third-order valence-corrected chi connectivity index (χ3v) is 3.73. The summed E-state index contributed by atoms with van der Waals surface area (Å²) >= 11 is 5.93. The van der Waals surface area contributed by atoms with Crippen molar-refractivity contribution in [2.45, 2.75) is 12.8 Å². The molecule has 0 saturated heterocycles. The van der Waals surface area contributed by atoms with Gasteiger partial charge in [0.1, 0.15) is 0 Å². The van der Waals surface area contributed by atoms with Gasteiger partial charge in [-0.3, -0.25) is 9.78 Å². The first-order valence-electron chi connectivity index (χ1n) is 6.80. The molecule has 5 nitrogen and oxygen atoms in total. The van der Waals surface area contributed by atoms with Crippen LogP contribution in [-0.4, -0.2) is 29.5 Å². The molecule has 2 aromatic heterocycles. The van der Waals surface area contributed by atoms with E-state index in [2.05, 4.69) is 15.3 Å². The van der Waals surface area contributed by atoms with Crippen molar-refractivity contribution in [2.75, 3.05) is 23.8 Å². The Kier molecular flexibility index (Phi) is 3.75. The Hall–Kier alpha value is -2.14. The highest BCUT2D eigenvalue weighted by Gasteiger charge is 2.26. The fourth-order valence-corrected chi connectivity index (χ4v) is 2.69. The molecule has 6 heteroatoms. The van der Waals surface area contributed by atoms with Crippen molar-refractivity contribution in [3.05, 3.63) is 47.0 Å². The maximum Gasteiger partial charge on any atom is 0.279 e. The molecule has 2 aromatic rings. The highest BCUT2D eigenvalue weighted by molar-refractivity contribution is 6.31. The summed E-state index contributed by atoms with van der Waals surface area (Å²) in [5.41, 5.74) is 2.83. The van der Waals surface area contributed by atoms with Crippen LogP contribution >= 0.6 is 11.6 Å². The minimum absolute atomic E-state index is 0.134. The monoisotopic (exact) mass is 302 g/mol.